The number of esters is 1. The van der Waals surface area contributed by atoms with Crippen LogP contribution in [0.3, 0.4) is 0 Å². The second-order valence-corrected chi connectivity index (χ2v) is 7.11. The number of carbonyl (C=O) groups excluding carboxylic acids is 2. The van der Waals surface area contributed by atoms with Crippen LogP contribution in [0.15, 0.2) is 73.1 Å². The number of aromatic nitrogens is 4. The van der Waals surface area contributed by atoms with Crippen molar-refractivity contribution in [2.45, 2.75) is 13.7 Å². The summed E-state index contributed by atoms with van der Waals surface area (Å²) in [6.07, 6.45) is 2.99. The zero-order valence-electron chi connectivity index (χ0n) is 18.3. The monoisotopic (exact) mass is 445 g/mol. The van der Waals surface area contributed by atoms with Gasteiger partial charge >= 0.3 is 5.97 Å². The fraction of sp³-hybridized carbons (Fsp3) is 0.167. The second kappa shape index (κ2) is 9.82. The van der Waals surface area contributed by atoms with Gasteiger partial charge in [-0.1, -0.05) is 42.5 Å². The molecule has 9 nitrogen and oxygen atoms in total. The van der Waals surface area contributed by atoms with Crippen molar-refractivity contribution in [2.24, 2.45) is 7.05 Å². The molecule has 2 heterocycles. The molecule has 2 aromatic carbocycles. The second-order valence-electron chi connectivity index (χ2n) is 7.11. The molecule has 9 heteroatoms. The molecule has 168 valence electrons. The van der Waals surface area contributed by atoms with E-state index in [0.717, 1.165) is 11.1 Å². The summed E-state index contributed by atoms with van der Waals surface area (Å²) >= 11 is 0. The lowest BCUT2D eigenvalue weighted by Gasteiger charge is -2.08. The number of aryl methyl sites for hydroxylation is 1. The molecule has 0 saturated carbocycles. The van der Waals surface area contributed by atoms with Crippen LogP contribution in [0.5, 0.6) is 5.75 Å². The van der Waals surface area contributed by atoms with Gasteiger partial charge in [0.1, 0.15) is 17.1 Å². The normalized spacial score (nSPS) is 10.6. The molecule has 33 heavy (non-hydrogen) atoms. The summed E-state index contributed by atoms with van der Waals surface area (Å²) in [7, 11) is 1.62. The molecule has 0 radical (unpaired) electrons. The highest BCUT2D eigenvalue weighted by Crippen LogP contribution is 2.22. The van der Waals surface area contributed by atoms with Gasteiger partial charge in [-0.05, 0) is 36.2 Å². The van der Waals surface area contributed by atoms with Crippen molar-refractivity contribution in [1.82, 2.24) is 19.6 Å². The fourth-order valence-electron chi connectivity index (χ4n) is 3.19. The molecule has 0 atom stereocenters. The number of benzene rings is 2. The average Bonchev–Trinajstić information content (AvgIpc) is 3.46. The van der Waals surface area contributed by atoms with Crippen LogP contribution in [0.4, 0.5) is 5.82 Å². The molecule has 4 aromatic rings. The third-order valence-corrected chi connectivity index (χ3v) is 4.86. The first kappa shape index (κ1) is 21.8. The van der Waals surface area contributed by atoms with Gasteiger partial charge in [0.25, 0.3) is 5.91 Å². The van der Waals surface area contributed by atoms with Crippen LogP contribution in [-0.2, 0) is 18.5 Å². The fourth-order valence-corrected chi connectivity index (χ4v) is 3.19. The Kier molecular flexibility index (Phi) is 6.49. The zero-order chi connectivity index (χ0) is 23.2. The van der Waals surface area contributed by atoms with Crippen LogP contribution in [0, 0.1) is 0 Å². The lowest BCUT2D eigenvalue weighted by Crippen LogP contribution is -2.18. The van der Waals surface area contributed by atoms with E-state index in [1.54, 1.807) is 26.2 Å². The van der Waals surface area contributed by atoms with Gasteiger partial charge in [-0.2, -0.15) is 10.2 Å². The van der Waals surface area contributed by atoms with E-state index in [4.69, 9.17) is 9.47 Å². The minimum atomic E-state index is -0.557. The van der Waals surface area contributed by atoms with E-state index in [2.05, 4.69) is 15.5 Å². The Morgan fingerprint density at radius 1 is 1.00 bits per heavy atom. The molecule has 0 bridgehead atoms. The van der Waals surface area contributed by atoms with Gasteiger partial charge in [-0.25, -0.2) is 9.48 Å². The maximum atomic E-state index is 12.6. The van der Waals surface area contributed by atoms with Crippen molar-refractivity contribution >= 4 is 17.7 Å². The third kappa shape index (κ3) is 5.09. The number of rotatable bonds is 8. The lowest BCUT2D eigenvalue weighted by atomic mass is 10.1. The Labute approximate surface area is 190 Å². The number of amides is 1. The highest BCUT2D eigenvalue weighted by Gasteiger charge is 2.20. The molecule has 0 aliphatic carbocycles. The van der Waals surface area contributed by atoms with Crippen LogP contribution < -0.4 is 10.1 Å². The predicted octanol–water partition coefficient (Wildman–Crippen LogP) is 3.75. The molecule has 0 saturated heterocycles. The Morgan fingerprint density at radius 2 is 1.73 bits per heavy atom. The zero-order valence-corrected chi connectivity index (χ0v) is 18.3. The SMILES string of the molecule is CCOC(=O)c1cnn(C)c1NC(=O)c1ccn(COc2ccc(-c3ccccc3)cc2)n1. The van der Waals surface area contributed by atoms with Crippen LogP contribution in [0.1, 0.15) is 27.8 Å². The van der Waals surface area contributed by atoms with Crippen molar-refractivity contribution in [3.63, 3.8) is 0 Å². The molecule has 0 aliphatic heterocycles. The highest BCUT2D eigenvalue weighted by molar-refractivity contribution is 6.06. The molecule has 4 rings (SSSR count). The number of hydrogen-bond donors (Lipinski definition) is 1. The molecular formula is C24H23N5O4. The Balaban J connectivity index is 1.37. The van der Waals surface area contributed by atoms with E-state index in [-0.39, 0.29) is 30.4 Å². The first-order valence-corrected chi connectivity index (χ1v) is 10.4. The van der Waals surface area contributed by atoms with Crippen molar-refractivity contribution in [3.8, 4) is 16.9 Å². The van der Waals surface area contributed by atoms with Gasteiger partial charge in [0.2, 0.25) is 0 Å². The number of anilines is 1. The van der Waals surface area contributed by atoms with Crippen LogP contribution in [-0.4, -0.2) is 38.0 Å². The van der Waals surface area contributed by atoms with Gasteiger partial charge < -0.3 is 14.8 Å². The van der Waals surface area contributed by atoms with E-state index in [1.807, 2.05) is 54.6 Å². The minimum absolute atomic E-state index is 0.137. The van der Waals surface area contributed by atoms with E-state index in [0.29, 0.717) is 5.75 Å². The average molecular weight is 445 g/mol. The molecule has 1 N–H and O–H groups in total. The quantitative estimate of drug-likeness (QED) is 0.415. The number of hydrogen-bond acceptors (Lipinski definition) is 6. The van der Waals surface area contributed by atoms with Crippen molar-refractivity contribution in [2.75, 3.05) is 11.9 Å². The summed E-state index contributed by atoms with van der Waals surface area (Å²) in [5.41, 5.74) is 2.58. The molecule has 0 fully saturated rings. The standard InChI is InChI=1S/C24H23N5O4/c1-3-32-24(31)20-15-25-28(2)22(20)26-23(30)21-13-14-29(27-21)16-33-19-11-9-18(10-12-19)17-7-5-4-6-8-17/h4-15H,3,16H2,1-2H3,(H,26,30). The van der Waals surface area contributed by atoms with Crippen LogP contribution in [0.2, 0.25) is 0 Å². The maximum Gasteiger partial charge on any atom is 0.343 e. The molecule has 0 aliphatic rings. The Bertz CT molecular complexity index is 1250. The van der Waals surface area contributed by atoms with E-state index >= 15 is 0 Å². The van der Waals surface area contributed by atoms with Crippen LogP contribution >= 0.6 is 0 Å². The maximum absolute atomic E-state index is 12.6. The molecule has 1 amide bonds. The summed E-state index contributed by atoms with van der Waals surface area (Å²) in [6.45, 7) is 2.07. The number of carbonyl (C=O) groups is 2. The summed E-state index contributed by atoms with van der Waals surface area (Å²) in [6, 6.07) is 19.4. The smallest absolute Gasteiger partial charge is 0.343 e. The molecular weight excluding hydrogens is 422 g/mol. The van der Waals surface area contributed by atoms with Crippen molar-refractivity contribution < 1.29 is 19.1 Å². The number of ether oxygens (including phenoxy) is 2. The van der Waals surface area contributed by atoms with Gasteiger partial charge in [-0.15, -0.1) is 0 Å². The molecule has 2 aromatic heterocycles. The molecule has 0 unspecified atom stereocenters. The van der Waals surface area contributed by atoms with E-state index in [1.165, 1.54) is 15.6 Å². The van der Waals surface area contributed by atoms with Crippen LogP contribution in [0.25, 0.3) is 11.1 Å². The summed E-state index contributed by atoms with van der Waals surface area (Å²) in [5, 5.41) is 10.9. The minimum Gasteiger partial charge on any atom is -0.471 e. The lowest BCUT2D eigenvalue weighted by molar-refractivity contribution is 0.0527. The van der Waals surface area contributed by atoms with Gasteiger partial charge in [0.15, 0.2) is 12.4 Å². The van der Waals surface area contributed by atoms with Gasteiger partial charge in [-0.3, -0.25) is 9.48 Å². The number of nitrogens with zero attached hydrogens (tertiary/aromatic N) is 4. The van der Waals surface area contributed by atoms with Crippen molar-refractivity contribution in [3.05, 3.63) is 84.3 Å². The first-order valence-electron chi connectivity index (χ1n) is 10.4. The largest absolute Gasteiger partial charge is 0.471 e. The van der Waals surface area contributed by atoms with Crippen molar-refractivity contribution in [1.29, 1.82) is 0 Å². The highest BCUT2D eigenvalue weighted by atomic mass is 16.5. The summed E-state index contributed by atoms with van der Waals surface area (Å²) in [5.74, 6) is -0.110. The first-order chi connectivity index (χ1) is 16.0. The van der Waals surface area contributed by atoms with E-state index in [9.17, 15) is 9.59 Å². The summed E-state index contributed by atoms with van der Waals surface area (Å²) < 4.78 is 13.7. The third-order valence-electron chi connectivity index (χ3n) is 4.86. The van der Waals surface area contributed by atoms with E-state index < -0.39 is 11.9 Å². The predicted molar refractivity (Wildman–Crippen MR) is 122 cm³/mol. The topological polar surface area (TPSA) is 100 Å². The van der Waals surface area contributed by atoms with Gasteiger partial charge in [0, 0.05) is 13.2 Å². The molecule has 0 spiro atoms. The number of nitrogens with one attached hydrogen (secondary N) is 1. The Hall–Kier alpha value is -4.40. The summed E-state index contributed by atoms with van der Waals surface area (Å²) in [4.78, 5) is 24.7. The van der Waals surface area contributed by atoms with Gasteiger partial charge in [0.05, 0.1) is 12.8 Å². The Morgan fingerprint density at radius 3 is 2.45 bits per heavy atom.